The molecule has 0 bridgehead atoms. The van der Waals surface area contributed by atoms with E-state index in [1.165, 1.54) is 16.9 Å². The first-order valence-corrected chi connectivity index (χ1v) is 7.23. The molecule has 0 aliphatic heterocycles. The van der Waals surface area contributed by atoms with Crippen molar-refractivity contribution in [3.05, 3.63) is 34.8 Å². The number of anilines is 1. The summed E-state index contributed by atoms with van der Waals surface area (Å²) >= 11 is 1.27. The summed E-state index contributed by atoms with van der Waals surface area (Å²) in [5.41, 5.74) is 3.76. The fraction of sp³-hybridized carbons (Fsp3) is 0.357. The quantitative estimate of drug-likeness (QED) is 0.919. The molecule has 1 amide bonds. The molecule has 0 aliphatic carbocycles. The number of hydrogen-bond donors (Lipinski definition) is 1. The molecule has 20 heavy (non-hydrogen) atoms. The van der Waals surface area contributed by atoms with Crippen molar-refractivity contribution in [2.75, 3.05) is 11.9 Å². The summed E-state index contributed by atoms with van der Waals surface area (Å²) in [6.45, 7) is 6.16. The number of ether oxygens (including phenoxy) is 1. The Morgan fingerprint density at radius 1 is 1.45 bits per heavy atom. The Morgan fingerprint density at radius 2 is 2.25 bits per heavy atom. The summed E-state index contributed by atoms with van der Waals surface area (Å²) in [6.07, 6.45) is 0. The van der Waals surface area contributed by atoms with E-state index < -0.39 is 0 Å². The third-order valence-corrected chi connectivity index (χ3v) is 3.45. The van der Waals surface area contributed by atoms with E-state index in [-0.39, 0.29) is 12.5 Å². The molecular formula is C14H17N3O2S. The molecule has 0 atom stereocenters. The maximum absolute atomic E-state index is 11.7. The summed E-state index contributed by atoms with van der Waals surface area (Å²) < 4.78 is 5.58. The standard InChI is InChI=1S/C14H17N3O2S/c1-9(2)11-5-4-10(3)12(6-11)19-7-13(18)16-14-17-15-8-20-14/h4-6,8-9H,7H2,1-3H3,(H,16,17,18). The van der Waals surface area contributed by atoms with Crippen LogP contribution in [0.1, 0.15) is 30.9 Å². The van der Waals surface area contributed by atoms with Gasteiger partial charge >= 0.3 is 0 Å². The third kappa shape index (κ3) is 3.77. The lowest BCUT2D eigenvalue weighted by molar-refractivity contribution is -0.118. The largest absolute Gasteiger partial charge is 0.483 e. The van der Waals surface area contributed by atoms with Crippen molar-refractivity contribution < 1.29 is 9.53 Å². The molecule has 0 unspecified atom stereocenters. The summed E-state index contributed by atoms with van der Waals surface area (Å²) in [6, 6.07) is 6.07. The summed E-state index contributed by atoms with van der Waals surface area (Å²) in [4.78, 5) is 11.7. The van der Waals surface area contributed by atoms with E-state index in [0.717, 1.165) is 11.3 Å². The minimum absolute atomic E-state index is 0.0397. The van der Waals surface area contributed by atoms with Gasteiger partial charge in [-0.1, -0.05) is 37.3 Å². The van der Waals surface area contributed by atoms with Crippen LogP contribution in [0.2, 0.25) is 0 Å². The number of benzene rings is 1. The van der Waals surface area contributed by atoms with Crippen molar-refractivity contribution in [2.45, 2.75) is 26.7 Å². The van der Waals surface area contributed by atoms with Gasteiger partial charge in [-0.25, -0.2) is 0 Å². The molecule has 1 aromatic carbocycles. The molecule has 0 aliphatic rings. The normalized spacial score (nSPS) is 10.6. The number of hydrogen-bond acceptors (Lipinski definition) is 5. The Morgan fingerprint density at radius 3 is 2.90 bits per heavy atom. The second-order valence-corrected chi connectivity index (χ2v) is 5.59. The number of nitrogens with zero attached hydrogens (tertiary/aromatic N) is 2. The van der Waals surface area contributed by atoms with E-state index in [9.17, 15) is 4.79 Å². The first-order valence-electron chi connectivity index (χ1n) is 6.35. The van der Waals surface area contributed by atoms with Crippen LogP contribution in [-0.2, 0) is 4.79 Å². The second-order valence-electron chi connectivity index (χ2n) is 4.76. The maximum atomic E-state index is 11.7. The molecule has 5 nitrogen and oxygen atoms in total. The predicted octanol–water partition coefficient (Wildman–Crippen LogP) is 2.99. The van der Waals surface area contributed by atoms with Crippen molar-refractivity contribution in [2.24, 2.45) is 0 Å². The van der Waals surface area contributed by atoms with Crippen LogP contribution < -0.4 is 10.1 Å². The molecule has 1 aromatic heterocycles. The van der Waals surface area contributed by atoms with Crippen LogP contribution in [0.15, 0.2) is 23.7 Å². The highest BCUT2D eigenvalue weighted by Gasteiger charge is 2.09. The molecule has 1 N–H and O–H groups in total. The van der Waals surface area contributed by atoms with Crippen molar-refractivity contribution in [1.82, 2.24) is 10.2 Å². The van der Waals surface area contributed by atoms with Crippen LogP contribution in [0.3, 0.4) is 0 Å². The number of carbonyl (C=O) groups is 1. The van der Waals surface area contributed by atoms with Gasteiger partial charge in [0.1, 0.15) is 11.3 Å². The van der Waals surface area contributed by atoms with Crippen LogP contribution in [0.5, 0.6) is 5.75 Å². The Kier molecular flexibility index (Phi) is 4.68. The number of amides is 1. The number of rotatable bonds is 5. The molecule has 0 radical (unpaired) electrons. The number of nitrogens with one attached hydrogen (secondary N) is 1. The average molecular weight is 291 g/mol. The number of aryl methyl sites for hydroxylation is 1. The zero-order valence-corrected chi connectivity index (χ0v) is 12.5. The van der Waals surface area contributed by atoms with E-state index in [0.29, 0.717) is 11.0 Å². The van der Waals surface area contributed by atoms with Gasteiger partial charge in [0.2, 0.25) is 5.13 Å². The minimum Gasteiger partial charge on any atom is -0.483 e. The highest BCUT2D eigenvalue weighted by atomic mass is 32.1. The molecule has 1 heterocycles. The Labute approximate surface area is 122 Å². The molecule has 0 saturated carbocycles. The predicted molar refractivity (Wildman–Crippen MR) is 79.3 cm³/mol. The number of carbonyl (C=O) groups excluding carboxylic acids is 1. The van der Waals surface area contributed by atoms with Crippen molar-refractivity contribution in [3.63, 3.8) is 0 Å². The Bertz CT molecular complexity index is 582. The van der Waals surface area contributed by atoms with E-state index >= 15 is 0 Å². The first-order chi connectivity index (χ1) is 9.56. The van der Waals surface area contributed by atoms with E-state index in [4.69, 9.17) is 4.74 Å². The van der Waals surface area contributed by atoms with Gasteiger partial charge in [-0.3, -0.25) is 10.1 Å². The average Bonchev–Trinajstić information content (AvgIpc) is 2.90. The molecule has 2 aromatic rings. The van der Waals surface area contributed by atoms with Crippen LogP contribution in [-0.4, -0.2) is 22.7 Å². The molecule has 6 heteroatoms. The van der Waals surface area contributed by atoms with Gasteiger partial charge in [0.25, 0.3) is 5.91 Å². The second kappa shape index (κ2) is 6.47. The van der Waals surface area contributed by atoms with Gasteiger partial charge < -0.3 is 4.74 Å². The van der Waals surface area contributed by atoms with Crippen LogP contribution >= 0.6 is 11.3 Å². The summed E-state index contributed by atoms with van der Waals surface area (Å²) in [5.74, 6) is 0.924. The molecule has 0 spiro atoms. The molecule has 106 valence electrons. The smallest absolute Gasteiger partial charge is 0.264 e. The van der Waals surface area contributed by atoms with Crippen LogP contribution in [0.4, 0.5) is 5.13 Å². The van der Waals surface area contributed by atoms with Gasteiger partial charge in [-0.15, -0.1) is 10.2 Å². The lowest BCUT2D eigenvalue weighted by Gasteiger charge is -2.12. The maximum Gasteiger partial charge on any atom is 0.264 e. The van der Waals surface area contributed by atoms with E-state index in [2.05, 4.69) is 35.4 Å². The SMILES string of the molecule is Cc1ccc(C(C)C)cc1OCC(=O)Nc1nncs1. The molecule has 0 saturated heterocycles. The van der Waals surface area contributed by atoms with Crippen molar-refractivity contribution in [3.8, 4) is 5.75 Å². The Balaban J connectivity index is 1.96. The van der Waals surface area contributed by atoms with Gasteiger partial charge in [0.05, 0.1) is 0 Å². The highest BCUT2D eigenvalue weighted by molar-refractivity contribution is 7.13. The monoisotopic (exact) mass is 291 g/mol. The lowest BCUT2D eigenvalue weighted by Crippen LogP contribution is -2.20. The van der Waals surface area contributed by atoms with E-state index in [1.54, 1.807) is 5.51 Å². The zero-order valence-electron chi connectivity index (χ0n) is 11.7. The van der Waals surface area contributed by atoms with Crippen LogP contribution in [0, 0.1) is 6.92 Å². The van der Waals surface area contributed by atoms with Gasteiger partial charge in [-0.05, 0) is 30.0 Å². The lowest BCUT2D eigenvalue weighted by atomic mass is 10.0. The zero-order chi connectivity index (χ0) is 14.5. The summed E-state index contributed by atoms with van der Waals surface area (Å²) in [5, 5.41) is 10.5. The summed E-state index contributed by atoms with van der Waals surface area (Å²) in [7, 11) is 0. The van der Waals surface area contributed by atoms with Gasteiger partial charge in [0.15, 0.2) is 6.61 Å². The van der Waals surface area contributed by atoms with Gasteiger partial charge in [-0.2, -0.15) is 0 Å². The highest BCUT2D eigenvalue weighted by Crippen LogP contribution is 2.24. The molecular weight excluding hydrogens is 274 g/mol. The van der Waals surface area contributed by atoms with Gasteiger partial charge in [0, 0.05) is 0 Å². The Hall–Kier alpha value is -1.95. The fourth-order valence-corrected chi connectivity index (χ4v) is 2.12. The molecule has 0 fully saturated rings. The topological polar surface area (TPSA) is 64.1 Å². The van der Waals surface area contributed by atoms with Crippen molar-refractivity contribution in [1.29, 1.82) is 0 Å². The first kappa shape index (κ1) is 14.5. The fourth-order valence-electron chi connectivity index (χ4n) is 1.66. The molecule has 2 rings (SSSR count). The van der Waals surface area contributed by atoms with Crippen LogP contribution in [0.25, 0.3) is 0 Å². The number of aromatic nitrogens is 2. The minimum atomic E-state index is -0.240. The van der Waals surface area contributed by atoms with Crippen molar-refractivity contribution >= 4 is 22.4 Å². The third-order valence-electron chi connectivity index (χ3n) is 2.84. The van der Waals surface area contributed by atoms with E-state index in [1.807, 2.05) is 19.1 Å².